The maximum atomic E-state index is 11.2. The lowest BCUT2D eigenvalue weighted by atomic mass is 9.83. The third kappa shape index (κ3) is 1.94. The van der Waals surface area contributed by atoms with Crippen LogP contribution in [-0.4, -0.2) is 11.7 Å². The van der Waals surface area contributed by atoms with Gasteiger partial charge in [0.05, 0.1) is 0 Å². The van der Waals surface area contributed by atoms with E-state index in [2.05, 4.69) is 0 Å². The second kappa shape index (κ2) is 4.75. The molecule has 0 aromatic heterocycles. The van der Waals surface area contributed by atoms with Gasteiger partial charge in [0.1, 0.15) is 18.0 Å². The highest BCUT2D eigenvalue weighted by Gasteiger charge is 2.36. The van der Waals surface area contributed by atoms with Crippen LogP contribution in [0.5, 0.6) is 5.75 Å². The molecular formula is C19H17NO2. The molecule has 0 bridgehead atoms. The van der Waals surface area contributed by atoms with Crippen LogP contribution in [0.1, 0.15) is 11.1 Å². The van der Waals surface area contributed by atoms with Crippen molar-refractivity contribution < 1.29 is 9.84 Å². The lowest BCUT2D eigenvalue weighted by Crippen LogP contribution is -2.38. The van der Waals surface area contributed by atoms with Crippen molar-refractivity contribution in [2.75, 3.05) is 12.3 Å². The standard InChI is InChI=1S/C19H17NO2/c20-16-9-10-17-18-14(16)7-4-8-15(18)19(21,12-22-17)11-13-5-2-1-3-6-13/h1-10,21H,11-12,20H2. The first-order chi connectivity index (χ1) is 10.7. The zero-order valence-corrected chi connectivity index (χ0v) is 12.1. The maximum Gasteiger partial charge on any atom is 0.128 e. The summed E-state index contributed by atoms with van der Waals surface area (Å²) in [6.07, 6.45) is 0.515. The first-order valence-corrected chi connectivity index (χ1v) is 7.38. The van der Waals surface area contributed by atoms with E-state index in [0.29, 0.717) is 12.1 Å². The predicted octanol–water partition coefficient (Wildman–Crippen LogP) is 3.24. The molecule has 0 radical (unpaired) electrons. The Kier molecular flexibility index (Phi) is 2.84. The molecule has 0 saturated heterocycles. The fraction of sp³-hybridized carbons (Fsp3) is 0.158. The average Bonchev–Trinajstić information content (AvgIpc) is 2.54. The summed E-state index contributed by atoms with van der Waals surface area (Å²) >= 11 is 0. The summed E-state index contributed by atoms with van der Waals surface area (Å²) in [7, 11) is 0. The number of nitrogens with two attached hydrogens (primary N) is 1. The van der Waals surface area contributed by atoms with Crippen LogP contribution in [0.3, 0.4) is 0 Å². The first kappa shape index (κ1) is 13.2. The molecule has 0 aliphatic carbocycles. The lowest BCUT2D eigenvalue weighted by Gasteiger charge is -2.34. The molecule has 0 fully saturated rings. The highest BCUT2D eigenvalue weighted by Crippen LogP contribution is 2.42. The summed E-state index contributed by atoms with van der Waals surface area (Å²) in [6.45, 7) is 0.248. The summed E-state index contributed by atoms with van der Waals surface area (Å²) in [4.78, 5) is 0. The molecule has 3 nitrogen and oxygen atoms in total. The van der Waals surface area contributed by atoms with Crippen LogP contribution in [-0.2, 0) is 12.0 Å². The molecule has 3 N–H and O–H groups in total. The smallest absolute Gasteiger partial charge is 0.128 e. The van der Waals surface area contributed by atoms with Gasteiger partial charge in [-0.3, -0.25) is 0 Å². The minimum atomic E-state index is -1.04. The summed E-state index contributed by atoms with van der Waals surface area (Å²) in [5.74, 6) is 0.789. The summed E-state index contributed by atoms with van der Waals surface area (Å²) in [5.41, 5.74) is 7.71. The molecule has 0 amide bonds. The third-order valence-electron chi connectivity index (χ3n) is 4.34. The fourth-order valence-corrected chi connectivity index (χ4v) is 3.26. The van der Waals surface area contributed by atoms with Gasteiger partial charge >= 0.3 is 0 Å². The van der Waals surface area contributed by atoms with Gasteiger partial charge in [0, 0.05) is 22.9 Å². The molecule has 22 heavy (non-hydrogen) atoms. The van der Waals surface area contributed by atoms with Crippen molar-refractivity contribution in [1.29, 1.82) is 0 Å². The Morgan fingerprint density at radius 3 is 2.64 bits per heavy atom. The van der Waals surface area contributed by atoms with Crippen molar-refractivity contribution in [2.45, 2.75) is 12.0 Å². The number of nitrogen functional groups attached to an aromatic ring is 1. The molecule has 1 aliphatic heterocycles. The Bertz CT molecular complexity index is 845. The molecule has 3 heteroatoms. The Hall–Kier alpha value is -2.52. The van der Waals surface area contributed by atoms with Gasteiger partial charge in [-0.2, -0.15) is 0 Å². The van der Waals surface area contributed by atoms with Gasteiger partial charge in [0.25, 0.3) is 0 Å². The number of benzene rings is 3. The van der Waals surface area contributed by atoms with E-state index in [4.69, 9.17) is 10.5 Å². The molecule has 4 rings (SSSR count). The van der Waals surface area contributed by atoms with E-state index in [1.165, 1.54) is 0 Å². The number of hydrogen-bond acceptors (Lipinski definition) is 3. The SMILES string of the molecule is Nc1ccc2c3c(cccc13)C(O)(Cc1ccccc1)CO2. The molecule has 0 saturated carbocycles. The van der Waals surface area contributed by atoms with Gasteiger partial charge in [-0.05, 0) is 23.3 Å². The van der Waals surface area contributed by atoms with Crippen LogP contribution in [0, 0.1) is 0 Å². The Labute approximate surface area is 129 Å². The molecule has 3 aromatic carbocycles. The van der Waals surface area contributed by atoms with Crippen molar-refractivity contribution in [1.82, 2.24) is 0 Å². The summed E-state index contributed by atoms with van der Waals surface area (Å²) in [5, 5.41) is 13.1. The van der Waals surface area contributed by atoms with Crippen molar-refractivity contribution >= 4 is 16.5 Å². The molecule has 110 valence electrons. The number of aliphatic hydroxyl groups is 1. The molecule has 0 spiro atoms. The Morgan fingerprint density at radius 2 is 1.82 bits per heavy atom. The largest absolute Gasteiger partial charge is 0.490 e. The van der Waals surface area contributed by atoms with Crippen molar-refractivity contribution in [3.05, 3.63) is 71.8 Å². The van der Waals surface area contributed by atoms with E-state index in [9.17, 15) is 5.11 Å². The molecule has 1 heterocycles. The average molecular weight is 291 g/mol. The van der Waals surface area contributed by atoms with Gasteiger partial charge in [-0.1, -0.05) is 48.5 Å². The molecule has 1 atom stereocenters. The summed E-state index contributed by atoms with van der Waals surface area (Å²) in [6, 6.07) is 19.6. The van der Waals surface area contributed by atoms with E-state index < -0.39 is 5.60 Å². The Balaban J connectivity index is 1.90. The zero-order valence-electron chi connectivity index (χ0n) is 12.1. The quantitative estimate of drug-likeness (QED) is 0.713. The lowest BCUT2D eigenvalue weighted by molar-refractivity contribution is -0.0130. The van der Waals surface area contributed by atoms with Gasteiger partial charge in [-0.15, -0.1) is 0 Å². The number of hydrogen-bond donors (Lipinski definition) is 2. The highest BCUT2D eigenvalue weighted by molar-refractivity contribution is 6.00. The number of ether oxygens (including phenoxy) is 1. The third-order valence-corrected chi connectivity index (χ3v) is 4.34. The van der Waals surface area contributed by atoms with Crippen molar-refractivity contribution in [2.24, 2.45) is 0 Å². The van der Waals surface area contributed by atoms with E-state index >= 15 is 0 Å². The Morgan fingerprint density at radius 1 is 1.00 bits per heavy atom. The minimum Gasteiger partial charge on any atom is -0.490 e. The zero-order chi connectivity index (χ0) is 15.2. The second-order valence-electron chi connectivity index (χ2n) is 5.86. The van der Waals surface area contributed by atoms with E-state index in [0.717, 1.165) is 27.6 Å². The predicted molar refractivity (Wildman–Crippen MR) is 87.9 cm³/mol. The molecule has 1 unspecified atom stereocenters. The molecule has 3 aromatic rings. The minimum absolute atomic E-state index is 0.248. The van der Waals surface area contributed by atoms with Crippen molar-refractivity contribution in [3.63, 3.8) is 0 Å². The van der Waals surface area contributed by atoms with E-state index in [-0.39, 0.29) is 6.61 Å². The topological polar surface area (TPSA) is 55.5 Å². The van der Waals surface area contributed by atoms with Gasteiger partial charge in [0.2, 0.25) is 0 Å². The van der Waals surface area contributed by atoms with E-state index in [1.807, 2.05) is 60.7 Å². The number of anilines is 1. The maximum absolute atomic E-state index is 11.2. The monoisotopic (exact) mass is 291 g/mol. The number of rotatable bonds is 2. The van der Waals surface area contributed by atoms with Crippen molar-refractivity contribution in [3.8, 4) is 5.75 Å². The molecular weight excluding hydrogens is 274 g/mol. The molecule has 1 aliphatic rings. The van der Waals surface area contributed by atoms with Crippen LogP contribution in [0.25, 0.3) is 10.8 Å². The first-order valence-electron chi connectivity index (χ1n) is 7.38. The van der Waals surface area contributed by atoms with Crippen LogP contribution < -0.4 is 10.5 Å². The van der Waals surface area contributed by atoms with E-state index in [1.54, 1.807) is 0 Å². The van der Waals surface area contributed by atoms with Crippen LogP contribution in [0.4, 0.5) is 5.69 Å². The normalized spacial score (nSPS) is 19.9. The van der Waals surface area contributed by atoms with Gasteiger partial charge in [-0.25, -0.2) is 0 Å². The summed E-state index contributed by atoms with van der Waals surface area (Å²) < 4.78 is 5.83. The van der Waals surface area contributed by atoms with Crippen LogP contribution in [0.2, 0.25) is 0 Å². The van der Waals surface area contributed by atoms with Crippen LogP contribution in [0.15, 0.2) is 60.7 Å². The van der Waals surface area contributed by atoms with Crippen LogP contribution >= 0.6 is 0 Å². The highest BCUT2D eigenvalue weighted by atomic mass is 16.5. The second-order valence-corrected chi connectivity index (χ2v) is 5.86. The fourth-order valence-electron chi connectivity index (χ4n) is 3.26. The van der Waals surface area contributed by atoms with Gasteiger partial charge in [0.15, 0.2) is 0 Å². The van der Waals surface area contributed by atoms with Gasteiger partial charge < -0.3 is 15.6 Å².